The topological polar surface area (TPSA) is 50.8 Å². The van der Waals surface area contributed by atoms with Crippen molar-refractivity contribution in [3.05, 3.63) is 59.1 Å². The molecule has 1 heterocycles. The zero-order valence-electron chi connectivity index (χ0n) is 15.5. The van der Waals surface area contributed by atoms with Crippen molar-refractivity contribution in [2.45, 2.75) is 25.4 Å². The number of nitrogens with one attached hydrogen (secondary N) is 1. The Balaban J connectivity index is 1.40. The summed E-state index contributed by atoms with van der Waals surface area (Å²) in [6.45, 7) is 1.95. The number of piperidine rings is 1. The largest absolute Gasteiger partial charge is 0.496 e. The second-order valence-electron chi connectivity index (χ2n) is 6.56. The van der Waals surface area contributed by atoms with Crippen molar-refractivity contribution in [2.75, 3.05) is 26.7 Å². The van der Waals surface area contributed by atoms with E-state index in [0.717, 1.165) is 36.3 Å². The van der Waals surface area contributed by atoms with Gasteiger partial charge >= 0.3 is 6.03 Å². The summed E-state index contributed by atoms with van der Waals surface area (Å²) in [5, 5.41) is 3.66. The molecule has 1 saturated heterocycles. The maximum atomic E-state index is 12.4. The van der Waals surface area contributed by atoms with Crippen LogP contribution in [0.1, 0.15) is 18.4 Å². The summed E-state index contributed by atoms with van der Waals surface area (Å²) in [7, 11) is 1.66. The van der Waals surface area contributed by atoms with Gasteiger partial charge in [-0.1, -0.05) is 35.9 Å². The van der Waals surface area contributed by atoms with Crippen molar-refractivity contribution >= 4 is 17.6 Å². The molecular formula is C21H25ClN2O3. The van der Waals surface area contributed by atoms with Crippen molar-refractivity contribution in [1.82, 2.24) is 10.2 Å². The Labute approximate surface area is 165 Å². The molecule has 0 bridgehead atoms. The maximum absolute atomic E-state index is 12.4. The number of likely N-dealkylation sites (tertiary alicyclic amines) is 1. The van der Waals surface area contributed by atoms with E-state index >= 15 is 0 Å². The summed E-state index contributed by atoms with van der Waals surface area (Å²) < 4.78 is 11.3. The minimum Gasteiger partial charge on any atom is -0.496 e. The number of ether oxygens (including phenoxy) is 2. The molecular weight excluding hydrogens is 364 g/mol. The van der Waals surface area contributed by atoms with Crippen LogP contribution >= 0.6 is 11.6 Å². The Morgan fingerprint density at radius 2 is 1.96 bits per heavy atom. The molecule has 0 saturated carbocycles. The Morgan fingerprint density at radius 1 is 1.19 bits per heavy atom. The zero-order chi connectivity index (χ0) is 19.1. The molecule has 1 aliphatic heterocycles. The number of amides is 2. The second kappa shape index (κ2) is 9.51. The Kier molecular flexibility index (Phi) is 6.82. The highest BCUT2D eigenvalue weighted by Gasteiger charge is 2.23. The highest BCUT2D eigenvalue weighted by atomic mass is 35.5. The van der Waals surface area contributed by atoms with E-state index in [1.54, 1.807) is 7.11 Å². The standard InChI is InChI=1S/C21H25ClN2O3/c1-26-20-8-3-2-5-16(20)9-12-23-21(25)24-13-10-18(11-14-24)27-19-7-4-6-17(22)15-19/h2-8,15,18H,9-14H2,1H3,(H,23,25). The molecule has 0 aliphatic carbocycles. The van der Waals surface area contributed by atoms with Crippen molar-refractivity contribution < 1.29 is 14.3 Å². The summed E-state index contributed by atoms with van der Waals surface area (Å²) >= 11 is 5.99. The molecule has 3 rings (SSSR count). The van der Waals surface area contributed by atoms with Gasteiger partial charge in [-0.25, -0.2) is 4.79 Å². The van der Waals surface area contributed by atoms with Crippen LogP contribution in [0.25, 0.3) is 0 Å². The number of hydrogen-bond acceptors (Lipinski definition) is 3. The molecule has 0 radical (unpaired) electrons. The lowest BCUT2D eigenvalue weighted by atomic mass is 10.1. The summed E-state index contributed by atoms with van der Waals surface area (Å²) in [4.78, 5) is 14.2. The Hall–Kier alpha value is -2.40. The van der Waals surface area contributed by atoms with Gasteiger partial charge in [0.1, 0.15) is 17.6 Å². The van der Waals surface area contributed by atoms with E-state index in [9.17, 15) is 4.79 Å². The predicted octanol–water partition coefficient (Wildman–Crippen LogP) is 4.14. The Bertz CT molecular complexity index is 761. The minimum atomic E-state index is -0.0221. The van der Waals surface area contributed by atoms with Crippen molar-refractivity contribution in [2.24, 2.45) is 0 Å². The van der Waals surface area contributed by atoms with Gasteiger partial charge in [-0.2, -0.15) is 0 Å². The zero-order valence-corrected chi connectivity index (χ0v) is 16.2. The number of rotatable bonds is 6. The second-order valence-corrected chi connectivity index (χ2v) is 6.99. The van der Waals surface area contributed by atoms with Gasteiger partial charge in [-0.15, -0.1) is 0 Å². The molecule has 2 amide bonds. The summed E-state index contributed by atoms with van der Waals surface area (Å²) in [6.07, 6.45) is 2.48. The summed E-state index contributed by atoms with van der Waals surface area (Å²) in [6, 6.07) is 15.3. The third kappa shape index (κ3) is 5.54. The monoisotopic (exact) mass is 388 g/mol. The molecule has 6 heteroatoms. The summed E-state index contributed by atoms with van der Waals surface area (Å²) in [5.74, 6) is 1.63. The van der Waals surface area contributed by atoms with Gasteiger partial charge in [-0.05, 0) is 36.2 Å². The third-order valence-electron chi connectivity index (χ3n) is 4.69. The van der Waals surface area contributed by atoms with Gasteiger partial charge in [-0.3, -0.25) is 0 Å². The average Bonchev–Trinajstić information content (AvgIpc) is 2.69. The maximum Gasteiger partial charge on any atom is 0.317 e. The number of urea groups is 1. The van der Waals surface area contributed by atoms with Crippen LogP contribution in [-0.2, 0) is 6.42 Å². The van der Waals surface area contributed by atoms with E-state index in [-0.39, 0.29) is 12.1 Å². The molecule has 2 aromatic rings. The highest BCUT2D eigenvalue weighted by molar-refractivity contribution is 6.30. The number of methoxy groups -OCH3 is 1. The minimum absolute atomic E-state index is 0.0221. The molecule has 0 unspecified atom stereocenters. The molecule has 27 heavy (non-hydrogen) atoms. The molecule has 1 N–H and O–H groups in total. The number of nitrogens with zero attached hydrogens (tertiary/aromatic N) is 1. The predicted molar refractivity (Wildman–Crippen MR) is 107 cm³/mol. The molecule has 1 aliphatic rings. The molecule has 5 nitrogen and oxygen atoms in total. The first kappa shape index (κ1) is 19.4. The lowest BCUT2D eigenvalue weighted by Crippen LogP contribution is -2.46. The van der Waals surface area contributed by atoms with Crippen molar-refractivity contribution in [3.8, 4) is 11.5 Å². The van der Waals surface area contributed by atoms with E-state index in [1.165, 1.54) is 0 Å². The van der Waals surface area contributed by atoms with Crippen LogP contribution in [0.5, 0.6) is 11.5 Å². The Morgan fingerprint density at radius 3 is 2.70 bits per heavy atom. The number of benzene rings is 2. The van der Waals surface area contributed by atoms with Crippen LogP contribution < -0.4 is 14.8 Å². The first-order chi connectivity index (χ1) is 13.2. The number of hydrogen-bond donors (Lipinski definition) is 1. The van der Waals surface area contributed by atoms with E-state index in [1.807, 2.05) is 53.4 Å². The number of para-hydroxylation sites is 1. The van der Waals surface area contributed by atoms with Gasteiger partial charge < -0.3 is 19.7 Å². The first-order valence-corrected chi connectivity index (χ1v) is 9.60. The smallest absolute Gasteiger partial charge is 0.317 e. The average molecular weight is 389 g/mol. The summed E-state index contributed by atoms with van der Waals surface area (Å²) in [5.41, 5.74) is 1.09. The quantitative estimate of drug-likeness (QED) is 0.808. The first-order valence-electron chi connectivity index (χ1n) is 9.22. The molecule has 0 aromatic heterocycles. The molecule has 2 aromatic carbocycles. The van der Waals surface area contributed by atoms with E-state index < -0.39 is 0 Å². The number of halogens is 1. The fourth-order valence-electron chi connectivity index (χ4n) is 3.23. The lowest BCUT2D eigenvalue weighted by Gasteiger charge is -2.32. The third-order valence-corrected chi connectivity index (χ3v) is 4.93. The van der Waals surface area contributed by atoms with Crippen molar-refractivity contribution in [1.29, 1.82) is 0 Å². The highest BCUT2D eigenvalue weighted by Crippen LogP contribution is 2.22. The van der Waals surface area contributed by atoms with Gasteiger partial charge in [0.05, 0.1) is 7.11 Å². The molecule has 144 valence electrons. The van der Waals surface area contributed by atoms with Crippen molar-refractivity contribution in [3.63, 3.8) is 0 Å². The van der Waals surface area contributed by atoms with Gasteiger partial charge in [0, 0.05) is 37.5 Å². The van der Waals surface area contributed by atoms with Crippen LogP contribution in [0.4, 0.5) is 4.79 Å². The van der Waals surface area contributed by atoms with Crippen LogP contribution in [0.3, 0.4) is 0 Å². The number of carbonyl (C=O) groups is 1. The van der Waals surface area contributed by atoms with E-state index in [0.29, 0.717) is 24.7 Å². The van der Waals surface area contributed by atoms with Gasteiger partial charge in [0.15, 0.2) is 0 Å². The van der Waals surface area contributed by atoms with E-state index in [4.69, 9.17) is 21.1 Å². The fourth-order valence-corrected chi connectivity index (χ4v) is 3.42. The molecule has 0 spiro atoms. The van der Waals surface area contributed by atoms with Gasteiger partial charge in [0.25, 0.3) is 0 Å². The molecule has 1 fully saturated rings. The van der Waals surface area contributed by atoms with E-state index in [2.05, 4.69) is 5.32 Å². The molecule has 0 atom stereocenters. The van der Waals surface area contributed by atoms with Crippen LogP contribution in [-0.4, -0.2) is 43.8 Å². The fraction of sp³-hybridized carbons (Fsp3) is 0.381. The van der Waals surface area contributed by atoms with Gasteiger partial charge in [0.2, 0.25) is 0 Å². The van der Waals surface area contributed by atoms with Crippen LogP contribution in [0.15, 0.2) is 48.5 Å². The SMILES string of the molecule is COc1ccccc1CCNC(=O)N1CCC(Oc2cccc(Cl)c2)CC1. The normalized spacial score (nSPS) is 14.7. The number of carbonyl (C=O) groups excluding carboxylic acids is 1. The van der Waals surface area contributed by atoms with Crippen LogP contribution in [0, 0.1) is 0 Å². The van der Waals surface area contributed by atoms with Crippen LogP contribution in [0.2, 0.25) is 5.02 Å². The lowest BCUT2D eigenvalue weighted by molar-refractivity contribution is 0.111.